The molecule has 1 aromatic heterocycles. The van der Waals surface area contributed by atoms with E-state index in [1.165, 1.54) is 17.4 Å². The highest BCUT2D eigenvalue weighted by molar-refractivity contribution is 7.09. The van der Waals surface area contributed by atoms with E-state index in [0.29, 0.717) is 5.01 Å². The van der Waals surface area contributed by atoms with Gasteiger partial charge in [0.25, 0.3) is 0 Å². The van der Waals surface area contributed by atoms with Gasteiger partial charge in [-0.15, -0.1) is 11.3 Å². The SMILES string of the molecule is Cc1csc(CC(=O)c2ccc(F)c(F)c2)n1. The van der Waals surface area contributed by atoms with Crippen LogP contribution in [-0.2, 0) is 6.42 Å². The van der Waals surface area contributed by atoms with Crippen molar-refractivity contribution in [2.45, 2.75) is 13.3 Å². The molecule has 0 aliphatic heterocycles. The molecule has 0 spiro atoms. The van der Waals surface area contributed by atoms with Crippen LogP contribution in [0.25, 0.3) is 0 Å². The van der Waals surface area contributed by atoms with Gasteiger partial charge in [-0.05, 0) is 25.1 Å². The van der Waals surface area contributed by atoms with Crippen molar-refractivity contribution in [3.8, 4) is 0 Å². The lowest BCUT2D eigenvalue weighted by atomic mass is 10.1. The van der Waals surface area contributed by atoms with Gasteiger partial charge < -0.3 is 0 Å². The predicted octanol–water partition coefficient (Wildman–Crippen LogP) is 3.16. The lowest BCUT2D eigenvalue weighted by Gasteiger charge is -1.99. The molecule has 17 heavy (non-hydrogen) atoms. The average molecular weight is 253 g/mol. The van der Waals surface area contributed by atoms with Gasteiger partial charge in [0.05, 0.1) is 6.42 Å². The summed E-state index contributed by atoms with van der Waals surface area (Å²) in [4.78, 5) is 15.9. The lowest BCUT2D eigenvalue weighted by molar-refractivity contribution is 0.0992. The molecular formula is C12H9F2NOS. The number of benzene rings is 1. The van der Waals surface area contributed by atoms with Crippen LogP contribution in [0.5, 0.6) is 0 Å². The highest BCUT2D eigenvalue weighted by atomic mass is 32.1. The summed E-state index contributed by atoms with van der Waals surface area (Å²) < 4.78 is 25.6. The summed E-state index contributed by atoms with van der Waals surface area (Å²) in [5.41, 5.74) is 1.01. The van der Waals surface area contributed by atoms with Crippen molar-refractivity contribution < 1.29 is 13.6 Å². The molecule has 0 amide bonds. The maximum atomic E-state index is 12.9. The maximum Gasteiger partial charge on any atom is 0.169 e. The molecule has 2 rings (SSSR count). The molecule has 0 bridgehead atoms. The summed E-state index contributed by atoms with van der Waals surface area (Å²) in [6.45, 7) is 1.84. The summed E-state index contributed by atoms with van der Waals surface area (Å²) in [7, 11) is 0. The molecule has 0 N–H and O–H groups in total. The third-order valence-electron chi connectivity index (χ3n) is 2.22. The number of Topliss-reactive ketones (excluding diaryl/α,β-unsaturated/α-hetero) is 1. The fourth-order valence-corrected chi connectivity index (χ4v) is 2.16. The van der Waals surface area contributed by atoms with Crippen LogP contribution >= 0.6 is 11.3 Å². The van der Waals surface area contributed by atoms with Crippen molar-refractivity contribution in [2.24, 2.45) is 0 Å². The molecular weight excluding hydrogens is 244 g/mol. The van der Waals surface area contributed by atoms with E-state index in [1.54, 1.807) is 0 Å². The second kappa shape index (κ2) is 4.71. The molecule has 0 aliphatic rings. The Bertz CT molecular complexity index is 565. The number of thiazole rings is 1. The first-order valence-corrected chi connectivity index (χ1v) is 5.83. The van der Waals surface area contributed by atoms with Crippen LogP contribution in [0.3, 0.4) is 0 Å². The van der Waals surface area contributed by atoms with Gasteiger partial charge in [0, 0.05) is 16.6 Å². The van der Waals surface area contributed by atoms with Gasteiger partial charge in [-0.2, -0.15) is 0 Å². The Morgan fingerprint density at radius 3 is 2.71 bits per heavy atom. The molecule has 0 aliphatic carbocycles. The molecule has 2 nitrogen and oxygen atoms in total. The normalized spacial score (nSPS) is 10.5. The van der Waals surface area contributed by atoms with Crippen molar-refractivity contribution in [2.75, 3.05) is 0 Å². The molecule has 0 fully saturated rings. The number of carbonyl (C=O) groups is 1. The number of hydrogen-bond acceptors (Lipinski definition) is 3. The second-order valence-corrected chi connectivity index (χ2v) is 4.55. The zero-order chi connectivity index (χ0) is 12.4. The van der Waals surface area contributed by atoms with E-state index in [4.69, 9.17) is 0 Å². The third kappa shape index (κ3) is 2.74. The average Bonchev–Trinajstić information content (AvgIpc) is 2.68. The number of carbonyl (C=O) groups excluding carboxylic acids is 1. The summed E-state index contributed by atoms with van der Waals surface area (Å²) in [5, 5.41) is 2.52. The second-order valence-electron chi connectivity index (χ2n) is 3.61. The first-order chi connectivity index (χ1) is 8.06. The highest BCUT2D eigenvalue weighted by Gasteiger charge is 2.12. The molecule has 88 valence electrons. The zero-order valence-electron chi connectivity index (χ0n) is 9.04. The minimum Gasteiger partial charge on any atom is -0.294 e. The molecule has 5 heteroatoms. The number of aromatic nitrogens is 1. The molecule has 0 unspecified atom stereocenters. The highest BCUT2D eigenvalue weighted by Crippen LogP contribution is 2.14. The fraction of sp³-hybridized carbons (Fsp3) is 0.167. The Balaban J connectivity index is 2.17. The van der Waals surface area contributed by atoms with Crippen LogP contribution in [0.2, 0.25) is 0 Å². The Morgan fingerprint density at radius 1 is 1.35 bits per heavy atom. The van der Waals surface area contributed by atoms with Gasteiger partial charge in [-0.25, -0.2) is 13.8 Å². The monoisotopic (exact) mass is 253 g/mol. The Kier molecular flexibility index (Phi) is 3.28. The van der Waals surface area contributed by atoms with Crippen LogP contribution in [-0.4, -0.2) is 10.8 Å². The molecule has 2 aromatic rings. The van der Waals surface area contributed by atoms with Gasteiger partial charge >= 0.3 is 0 Å². The summed E-state index contributed by atoms with van der Waals surface area (Å²) in [5.74, 6) is -2.23. The Labute approximate surface area is 101 Å². The van der Waals surface area contributed by atoms with E-state index < -0.39 is 11.6 Å². The summed E-state index contributed by atoms with van der Waals surface area (Å²) >= 11 is 1.38. The number of ketones is 1. The molecule has 0 atom stereocenters. The Morgan fingerprint density at radius 2 is 2.12 bits per heavy atom. The first-order valence-electron chi connectivity index (χ1n) is 4.95. The van der Waals surface area contributed by atoms with Gasteiger partial charge in [0.15, 0.2) is 17.4 Å². The van der Waals surface area contributed by atoms with Gasteiger partial charge in [-0.1, -0.05) is 0 Å². The molecule has 0 saturated carbocycles. The van der Waals surface area contributed by atoms with E-state index in [2.05, 4.69) is 4.98 Å². The van der Waals surface area contributed by atoms with Crippen molar-refractivity contribution in [3.63, 3.8) is 0 Å². The minimum absolute atomic E-state index is 0.115. The standard InChI is InChI=1S/C12H9F2NOS/c1-7-6-17-12(15-7)5-11(16)8-2-3-9(13)10(14)4-8/h2-4,6H,5H2,1H3. The van der Waals surface area contributed by atoms with Crippen LogP contribution in [0.15, 0.2) is 23.6 Å². The van der Waals surface area contributed by atoms with Gasteiger partial charge in [0.1, 0.15) is 5.01 Å². The van der Waals surface area contributed by atoms with E-state index in [1.807, 2.05) is 12.3 Å². The number of nitrogens with zero attached hydrogens (tertiary/aromatic N) is 1. The minimum atomic E-state index is -1.01. The molecule has 0 radical (unpaired) electrons. The van der Waals surface area contributed by atoms with E-state index in [-0.39, 0.29) is 17.8 Å². The van der Waals surface area contributed by atoms with E-state index >= 15 is 0 Å². The predicted molar refractivity (Wildman–Crippen MR) is 61.2 cm³/mol. The quantitative estimate of drug-likeness (QED) is 0.786. The topological polar surface area (TPSA) is 30.0 Å². The number of rotatable bonds is 3. The van der Waals surface area contributed by atoms with Crippen LogP contribution in [0.4, 0.5) is 8.78 Å². The van der Waals surface area contributed by atoms with E-state index in [9.17, 15) is 13.6 Å². The van der Waals surface area contributed by atoms with Crippen molar-refractivity contribution in [1.82, 2.24) is 4.98 Å². The number of hydrogen-bond donors (Lipinski definition) is 0. The first kappa shape index (κ1) is 11.9. The van der Waals surface area contributed by atoms with Crippen LogP contribution in [0, 0.1) is 18.6 Å². The van der Waals surface area contributed by atoms with E-state index in [0.717, 1.165) is 17.8 Å². The van der Waals surface area contributed by atoms with Gasteiger partial charge in [-0.3, -0.25) is 4.79 Å². The lowest BCUT2D eigenvalue weighted by Crippen LogP contribution is -2.04. The number of halogens is 2. The zero-order valence-corrected chi connectivity index (χ0v) is 9.85. The summed E-state index contributed by atoms with van der Waals surface area (Å²) in [6.07, 6.45) is 0.115. The largest absolute Gasteiger partial charge is 0.294 e. The number of aryl methyl sites for hydroxylation is 1. The van der Waals surface area contributed by atoms with Gasteiger partial charge in [0.2, 0.25) is 0 Å². The van der Waals surface area contributed by atoms with Crippen LogP contribution < -0.4 is 0 Å². The van der Waals surface area contributed by atoms with Crippen molar-refractivity contribution in [1.29, 1.82) is 0 Å². The van der Waals surface area contributed by atoms with Crippen molar-refractivity contribution >= 4 is 17.1 Å². The van der Waals surface area contributed by atoms with Crippen molar-refractivity contribution in [3.05, 3.63) is 51.5 Å². The van der Waals surface area contributed by atoms with Crippen LogP contribution in [0.1, 0.15) is 21.1 Å². The smallest absolute Gasteiger partial charge is 0.169 e. The Hall–Kier alpha value is -1.62. The maximum absolute atomic E-state index is 12.9. The molecule has 0 saturated heterocycles. The third-order valence-corrected chi connectivity index (χ3v) is 3.19. The summed E-state index contributed by atoms with van der Waals surface area (Å²) in [6, 6.07) is 3.15. The molecule has 1 aromatic carbocycles. The fourth-order valence-electron chi connectivity index (χ4n) is 1.39. The molecule has 1 heterocycles.